The number of ether oxygens (including phenoxy) is 2. The molecule has 1 saturated heterocycles. The summed E-state index contributed by atoms with van der Waals surface area (Å²) in [5.41, 5.74) is -4.29. The molecular weight excluding hydrogens is 651 g/mol. The van der Waals surface area contributed by atoms with Gasteiger partial charge >= 0.3 is 18.2 Å². The van der Waals surface area contributed by atoms with Crippen LogP contribution in [0.4, 0.5) is 14.0 Å². The number of halogens is 1. The summed E-state index contributed by atoms with van der Waals surface area (Å²) < 4.78 is 25.3. The minimum atomic E-state index is -3.58. The number of allylic oxidation sites excluding steroid dienone is 1. The lowest BCUT2D eigenvalue weighted by atomic mass is 10.0. The number of nitrogens with one attached hydrogen (secondary N) is 2. The van der Waals surface area contributed by atoms with Gasteiger partial charge in [-0.15, -0.1) is 0 Å². The molecule has 17 heteroatoms. The van der Waals surface area contributed by atoms with Gasteiger partial charge in [-0.05, 0) is 52.5 Å². The molecule has 0 bridgehead atoms. The number of hydrogen-bond donors (Lipinski definition) is 7. The number of carbonyl (C=O) groups is 5. The molecule has 5 rings (SSSR count). The summed E-state index contributed by atoms with van der Waals surface area (Å²) in [7, 11) is 0. The normalized spacial score (nSPS) is 29.4. The van der Waals surface area contributed by atoms with Gasteiger partial charge in [0.15, 0.2) is 0 Å². The van der Waals surface area contributed by atoms with Crippen LogP contribution in [0.3, 0.4) is 0 Å². The van der Waals surface area contributed by atoms with Crippen molar-refractivity contribution in [1.29, 1.82) is 0 Å². The molecule has 268 valence electrons. The molecule has 3 aliphatic heterocycles. The molecule has 5 atom stereocenters. The van der Waals surface area contributed by atoms with E-state index in [0.717, 1.165) is 23.1 Å². The van der Waals surface area contributed by atoms with Crippen molar-refractivity contribution in [3.63, 3.8) is 0 Å². The van der Waals surface area contributed by atoms with Gasteiger partial charge in [0.25, 0.3) is 11.8 Å². The van der Waals surface area contributed by atoms with Gasteiger partial charge in [0.05, 0.1) is 12.1 Å². The Bertz CT molecular complexity index is 1560. The molecule has 49 heavy (non-hydrogen) atoms. The van der Waals surface area contributed by atoms with Crippen LogP contribution in [0.5, 0.6) is 0 Å². The second-order valence-electron chi connectivity index (χ2n) is 13.9. The van der Waals surface area contributed by atoms with Crippen molar-refractivity contribution in [3.8, 4) is 0 Å². The van der Waals surface area contributed by atoms with Crippen LogP contribution < -0.4 is 10.6 Å². The Morgan fingerprint density at radius 3 is 2.43 bits per heavy atom. The van der Waals surface area contributed by atoms with Crippen molar-refractivity contribution in [2.45, 2.75) is 107 Å². The second kappa shape index (κ2) is 12.9. The van der Waals surface area contributed by atoms with E-state index >= 15 is 0 Å². The van der Waals surface area contributed by atoms with E-state index in [9.17, 15) is 53.9 Å². The average molecular weight is 693 g/mol. The molecule has 2 fully saturated rings. The zero-order valence-corrected chi connectivity index (χ0v) is 27.2. The molecule has 4 amide bonds. The van der Waals surface area contributed by atoms with Crippen molar-refractivity contribution in [2.75, 3.05) is 6.54 Å². The summed E-state index contributed by atoms with van der Waals surface area (Å²) in [6.45, 7) is 4.41. The minimum Gasteiger partial charge on any atom is -0.479 e. The number of carboxylic acid groups (broad SMARTS) is 1. The number of benzene rings is 1. The number of rotatable bonds is 3. The molecule has 7 N–H and O–H groups in total. The number of nitrogens with zero attached hydrogens (tertiary/aromatic N) is 2. The van der Waals surface area contributed by atoms with Crippen LogP contribution in [-0.2, 0) is 35.7 Å². The van der Waals surface area contributed by atoms with E-state index in [4.69, 9.17) is 9.47 Å². The molecule has 4 aliphatic rings. The molecule has 3 heterocycles. The molecular formula is C32H41FN4O12. The van der Waals surface area contributed by atoms with Gasteiger partial charge in [-0.25, -0.2) is 18.8 Å². The summed E-state index contributed by atoms with van der Waals surface area (Å²) in [6.07, 6.45) is 1.84. The van der Waals surface area contributed by atoms with E-state index in [2.05, 4.69) is 10.6 Å². The van der Waals surface area contributed by atoms with E-state index in [0.29, 0.717) is 25.7 Å². The molecule has 0 spiro atoms. The standard InChI is InChI=1S/C32H41FN4O12/c1-29(2,3)49-27(42)34-21-13-8-6-4-5-7-10-17-15-30(17,26(40)41)35-24(38)22-14-18(16-36(22)25(21)39)48-28(43)37-31(44,45)19-11-9-12-20(33)23(19)32(37,46)47/h7,9-12,17-18,21-22,44-47H,4-6,8,13-16H2,1-3H3,(H,34,42)(H,35,38)(H,40,41). The van der Waals surface area contributed by atoms with Crippen molar-refractivity contribution >= 4 is 30.0 Å². The quantitative estimate of drug-likeness (QED) is 0.172. The summed E-state index contributed by atoms with van der Waals surface area (Å²) in [5, 5.41) is 58.0. The van der Waals surface area contributed by atoms with Gasteiger partial charge in [0.1, 0.15) is 35.1 Å². The third kappa shape index (κ3) is 6.92. The number of hydrogen-bond acceptors (Lipinski definition) is 11. The van der Waals surface area contributed by atoms with Crippen molar-refractivity contribution < 1.29 is 63.4 Å². The largest absolute Gasteiger partial charge is 0.479 e. The van der Waals surface area contributed by atoms with E-state index in [1.807, 2.05) is 6.08 Å². The molecule has 1 aromatic rings. The van der Waals surface area contributed by atoms with Crippen molar-refractivity contribution in [3.05, 3.63) is 47.3 Å². The first-order valence-corrected chi connectivity index (χ1v) is 16.0. The van der Waals surface area contributed by atoms with Gasteiger partial charge in [0, 0.05) is 17.9 Å². The first-order chi connectivity index (χ1) is 22.8. The fourth-order valence-corrected chi connectivity index (χ4v) is 6.64. The molecule has 16 nitrogen and oxygen atoms in total. The Kier molecular flexibility index (Phi) is 9.44. The first-order valence-electron chi connectivity index (χ1n) is 16.0. The van der Waals surface area contributed by atoms with Crippen molar-refractivity contribution in [2.24, 2.45) is 5.92 Å². The third-order valence-corrected chi connectivity index (χ3v) is 9.10. The number of carboxylic acids is 1. The number of aliphatic hydroxyl groups is 4. The highest BCUT2D eigenvalue weighted by molar-refractivity contribution is 5.96. The Balaban J connectivity index is 1.43. The van der Waals surface area contributed by atoms with Gasteiger partial charge in [-0.1, -0.05) is 37.1 Å². The van der Waals surface area contributed by atoms with Crippen LogP contribution in [0.25, 0.3) is 0 Å². The highest BCUT2D eigenvalue weighted by Crippen LogP contribution is 2.47. The number of amides is 4. The summed E-state index contributed by atoms with van der Waals surface area (Å²) in [6, 6.07) is 0.179. The molecule has 5 unspecified atom stereocenters. The Morgan fingerprint density at radius 1 is 1.06 bits per heavy atom. The highest BCUT2D eigenvalue weighted by Gasteiger charge is 2.63. The topological polar surface area (TPSA) is 235 Å². The smallest absolute Gasteiger partial charge is 0.419 e. The predicted octanol–water partition coefficient (Wildman–Crippen LogP) is 0.810. The van der Waals surface area contributed by atoms with Crippen LogP contribution in [0.1, 0.15) is 76.8 Å². The lowest BCUT2D eigenvalue weighted by Gasteiger charge is -2.34. The zero-order valence-electron chi connectivity index (χ0n) is 27.2. The number of aliphatic carboxylic acids is 1. The monoisotopic (exact) mass is 692 g/mol. The van der Waals surface area contributed by atoms with Crippen LogP contribution in [0, 0.1) is 11.7 Å². The average Bonchev–Trinajstić information content (AvgIpc) is 3.45. The van der Waals surface area contributed by atoms with E-state index < -0.39 is 107 Å². The van der Waals surface area contributed by atoms with Gasteiger partial charge in [-0.3, -0.25) is 9.59 Å². The molecule has 1 aliphatic carbocycles. The number of alkyl carbamates (subject to hydrolysis) is 1. The fourth-order valence-electron chi connectivity index (χ4n) is 6.64. The Hall–Kier alpha value is -4.32. The third-order valence-electron chi connectivity index (χ3n) is 9.10. The lowest BCUT2D eigenvalue weighted by molar-refractivity contribution is -0.362. The predicted molar refractivity (Wildman–Crippen MR) is 163 cm³/mol. The van der Waals surface area contributed by atoms with Gasteiger partial charge in [0.2, 0.25) is 11.8 Å². The zero-order chi connectivity index (χ0) is 36.1. The number of carbonyl (C=O) groups excluding carboxylic acids is 4. The molecule has 1 aromatic carbocycles. The van der Waals surface area contributed by atoms with Crippen LogP contribution in [-0.4, -0.2) is 101 Å². The Morgan fingerprint density at radius 2 is 1.78 bits per heavy atom. The maximum Gasteiger partial charge on any atom is 0.419 e. The van der Waals surface area contributed by atoms with Crippen LogP contribution in [0.15, 0.2) is 30.4 Å². The number of fused-ring (bicyclic) bond motifs is 3. The molecule has 0 aromatic heterocycles. The van der Waals surface area contributed by atoms with E-state index in [1.165, 1.54) is 0 Å². The van der Waals surface area contributed by atoms with Gasteiger partial charge in [-0.2, -0.15) is 4.90 Å². The lowest BCUT2D eigenvalue weighted by Crippen LogP contribution is -2.56. The second-order valence-corrected chi connectivity index (χ2v) is 13.9. The SMILES string of the molecule is CC(C)(C)OC(=O)NC1CCCCCC=CC2CC2(C(=O)O)NC(=O)C2CC(OC(=O)N3C(O)(O)c4cccc(F)c4C3(O)O)CN2C1=O. The van der Waals surface area contributed by atoms with Crippen LogP contribution >= 0.6 is 0 Å². The van der Waals surface area contributed by atoms with E-state index in [1.54, 1.807) is 26.8 Å². The van der Waals surface area contributed by atoms with Crippen LogP contribution in [0.2, 0.25) is 0 Å². The van der Waals surface area contributed by atoms with E-state index in [-0.39, 0.29) is 17.7 Å². The fraction of sp³-hybridized carbons (Fsp3) is 0.594. The maximum atomic E-state index is 14.6. The first kappa shape index (κ1) is 36.0. The molecule has 0 radical (unpaired) electrons. The van der Waals surface area contributed by atoms with Crippen molar-refractivity contribution in [1.82, 2.24) is 20.4 Å². The highest BCUT2D eigenvalue weighted by atomic mass is 19.1. The Labute approximate surface area is 280 Å². The summed E-state index contributed by atoms with van der Waals surface area (Å²) >= 11 is 0. The summed E-state index contributed by atoms with van der Waals surface area (Å²) in [4.78, 5) is 67.0. The minimum absolute atomic E-state index is 0.0999. The maximum absolute atomic E-state index is 14.6. The van der Waals surface area contributed by atoms with Gasteiger partial charge < -0.3 is 50.5 Å². The summed E-state index contributed by atoms with van der Waals surface area (Å²) in [5.74, 6) is -11.7. The molecule has 1 saturated carbocycles.